The summed E-state index contributed by atoms with van der Waals surface area (Å²) in [4.78, 5) is 0. The summed E-state index contributed by atoms with van der Waals surface area (Å²) in [6, 6.07) is 52.5. The Kier molecular flexibility index (Phi) is 41.6. The second kappa shape index (κ2) is 42.0. The summed E-state index contributed by atoms with van der Waals surface area (Å²) in [6.45, 7) is 31.2. The van der Waals surface area contributed by atoms with Crippen molar-refractivity contribution in [3.05, 3.63) is 212 Å². The lowest BCUT2D eigenvalue weighted by atomic mass is 10.0. The molecule has 336 valence electrons. The molecule has 2 nitrogen and oxygen atoms in total. The van der Waals surface area contributed by atoms with Gasteiger partial charge in [-0.25, -0.2) is 0 Å². The fraction of sp³-hybridized carbons (Fsp3) is 0.390. The first-order valence-electron chi connectivity index (χ1n) is 22.7. The lowest BCUT2D eigenvalue weighted by Gasteiger charge is -2.03. The highest BCUT2D eigenvalue weighted by Gasteiger charge is 1.98. The third kappa shape index (κ3) is 34.6. The van der Waals surface area contributed by atoms with Gasteiger partial charge in [0.05, 0.1) is 0 Å². The minimum Gasteiger partial charge on any atom is -0.397 e. The summed E-state index contributed by atoms with van der Waals surface area (Å²) in [5, 5.41) is 7.57. The number of methoxy groups -OCH3 is 1. The molecule has 6 rings (SSSR count). The van der Waals surface area contributed by atoms with Crippen molar-refractivity contribution in [2.24, 2.45) is 0 Å². The van der Waals surface area contributed by atoms with Crippen LogP contribution in [-0.2, 0) is 24.0 Å². The van der Waals surface area contributed by atoms with E-state index < -0.39 is 0 Å². The predicted molar refractivity (Wildman–Crippen MR) is 276 cm³/mol. The zero-order valence-corrected chi connectivity index (χ0v) is 42.0. The van der Waals surface area contributed by atoms with E-state index in [9.17, 15) is 0 Å². The van der Waals surface area contributed by atoms with Crippen molar-refractivity contribution in [2.45, 2.75) is 136 Å². The highest BCUT2D eigenvalue weighted by atomic mass is 16.4. The van der Waals surface area contributed by atoms with E-state index in [4.69, 9.17) is 5.11 Å². The van der Waals surface area contributed by atoms with Gasteiger partial charge in [0.25, 0.3) is 0 Å². The molecule has 0 aliphatic heterocycles. The molecular weight excluding hydrogens is 741 g/mol. The molecule has 0 aromatic heterocycles. The summed E-state index contributed by atoms with van der Waals surface area (Å²) in [5.74, 6) is 0. The number of aliphatic hydroxyl groups is 1. The van der Waals surface area contributed by atoms with Crippen molar-refractivity contribution in [1.29, 1.82) is 0 Å². The number of benzene rings is 6. The maximum atomic E-state index is 7.57. The van der Waals surface area contributed by atoms with Crippen molar-refractivity contribution in [3.63, 3.8) is 0 Å². The Balaban J connectivity index is -0.000000705. The van der Waals surface area contributed by atoms with Crippen molar-refractivity contribution >= 4 is 0 Å². The van der Waals surface area contributed by atoms with E-state index in [1.54, 1.807) is 21.1 Å². The molecule has 6 aromatic carbocycles. The van der Waals surface area contributed by atoms with Crippen molar-refractivity contribution in [3.8, 4) is 0 Å². The molecule has 1 N–H and O–H groups in total. The Labute approximate surface area is 377 Å². The normalized spacial score (nSPS) is 8.95. The van der Waals surface area contributed by atoms with Gasteiger partial charge in [0.15, 0.2) is 0 Å². The monoisotopic (exact) mass is 829 g/mol. The maximum Gasteiger partial charge on any atom is 0.0402 e. The third-order valence-corrected chi connectivity index (χ3v) is 7.95. The zero-order valence-electron chi connectivity index (χ0n) is 42.0. The fourth-order valence-corrected chi connectivity index (χ4v) is 4.94. The first-order chi connectivity index (χ1) is 29.4. The zero-order chi connectivity index (χ0) is 46.8. The van der Waals surface area contributed by atoms with Crippen molar-refractivity contribution in [1.82, 2.24) is 0 Å². The van der Waals surface area contributed by atoms with E-state index >= 15 is 0 Å². The second-order valence-corrected chi connectivity index (χ2v) is 14.6. The Bertz CT molecular complexity index is 1420. The Hall–Kier alpha value is -4.76. The van der Waals surface area contributed by atoms with Gasteiger partial charge >= 0.3 is 0 Å². The second-order valence-electron chi connectivity index (χ2n) is 14.6. The van der Waals surface area contributed by atoms with Crippen LogP contribution in [0.3, 0.4) is 0 Å². The first kappa shape index (κ1) is 60.5. The summed E-state index contributed by atoms with van der Waals surface area (Å²) in [7, 11) is 3.25. The average molecular weight is 829 g/mol. The quantitative estimate of drug-likeness (QED) is 0.181. The molecule has 0 aliphatic carbocycles. The summed E-state index contributed by atoms with van der Waals surface area (Å²) >= 11 is 0. The van der Waals surface area contributed by atoms with Gasteiger partial charge in [-0.15, -0.1) is 0 Å². The lowest BCUT2D eigenvalue weighted by Crippen LogP contribution is -1.88. The van der Waals surface area contributed by atoms with Crippen LogP contribution in [0.15, 0.2) is 146 Å². The number of hydrogen-bond acceptors (Lipinski definition) is 2. The van der Waals surface area contributed by atoms with Crippen LogP contribution in [0.2, 0.25) is 0 Å². The van der Waals surface area contributed by atoms with Gasteiger partial charge < -0.3 is 9.84 Å². The molecule has 0 spiro atoms. The molecule has 0 heterocycles. The number of aryl methyl sites for hydroxylation is 6. The molecular formula is C59H88O2. The fourth-order valence-electron chi connectivity index (χ4n) is 4.94. The van der Waals surface area contributed by atoms with Crippen LogP contribution < -0.4 is 0 Å². The smallest absolute Gasteiger partial charge is 0.0402 e. The van der Waals surface area contributed by atoms with Crippen LogP contribution >= 0.6 is 0 Å². The van der Waals surface area contributed by atoms with Crippen LogP contribution in [0.25, 0.3) is 0 Å². The van der Waals surface area contributed by atoms with Gasteiger partial charge in [0.1, 0.15) is 0 Å². The van der Waals surface area contributed by atoms with Gasteiger partial charge in [-0.1, -0.05) is 247 Å². The summed E-state index contributed by atoms with van der Waals surface area (Å²) in [6.07, 6.45) is 5.58. The number of aliphatic hydroxyl groups excluding tert-OH is 1. The van der Waals surface area contributed by atoms with Crippen LogP contribution in [0.4, 0.5) is 0 Å². The minimum atomic E-state index is 0.250. The van der Waals surface area contributed by atoms with Gasteiger partial charge in [0.2, 0.25) is 0 Å². The largest absolute Gasteiger partial charge is 0.397 e. The molecule has 0 aliphatic rings. The van der Waals surface area contributed by atoms with Crippen LogP contribution in [-0.4, -0.2) is 25.9 Å². The van der Waals surface area contributed by atoms with E-state index in [1.807, 2.05) is 27.7 Å². The Morgan fingerprint density at radius 1 is 0.295 bits per heavy atom. The van der Waals surface area contributed by atoms with Crippen LogP contribution in [0.1, 0.15) is 142 Å². The lowest BCUT2D eigenvalue weighted by molar-refractivity contribution is 0.277. The number of ether oxygens (including phenoxy) is 1. The standard InChI is InChI=1S/3C15H16.2C3H8.2C2H6O.2C2H6/c3*1-12-3-7-14(8-4-12)11-15-9-5-13(2)6-10-15;3*1-3-2;1-2-3;2*1-2/h3*3-10H,11H2,1-2H3;2*3H2,1-2H3;1-2H3;3H,2H2,1H3;2*1-2H3. The molecule has 0 unspecified atom stereocenters. The molecule has 0 radical (unpaired) electrons. The highest BCUT2D eigenvalue weighted by molar-refractivity contribution is 5.32. The number of hydrogen-bond donors (Lipinski definition) is 1. The highest BCUT2D eigenvalue weighted by Crippen LogP contribution is 2.14. The average Bonchev–Trinajstić information content (AvgIpc) is 3.26. The molecule has 0 fully saturated rings. The summed E-state index contributed by atoms with van der Waals surface area (Å²) < 4.78 is 4.25. The molecule has 0 amide bonds. The maximum absolute atomic E-state index is 7.57. The number of rotatable bonds is 6. The van der Waals surface area contributed by atoms with Crippen LogP contribution in [0.5, 0.6) is 0 Å². The van der Waals surface area contributed by atoms with Gasteiger partial charge in [0, 0.05) is 20.8 Å². The molecule has 61 heavy (non-hydrogen) atoms. The Morgan fingerprint density at radius 2 is 0.377 bits per heavy atom. The van der Waals surface area contributed by atoms with E-state index in [0.717, 1.165) is 19.3 Å². The first-order valence-corrected chi connectivity index (χ1v) is 22.7. The topological polar surface area (TPSA) is 29.5 Å². The van der Waals surface area contributed by atoms with Crippen LogP contribution in [0, 0.1) is 41.5 Å². The Morgan fingerprint density at radius 3 is 0.459 bits per heavy atom. The van der Waals surface area contributed by atoms with Crippen molar-refractivity contribution in [2.75, 3.05) is 20.8 Å². The van der Waals surface area contributed by atoms with Gasteiger partial charge in [-0.2, -0.15) is 0 Å². The minimum absolute atomic E-state index is 0.250. The van der Waals surface area contributed by atoms with E-state index in [-0.39, 0.29) is 6.61 Å². The van der Waals surface area contributed by atoms with Crippen molar-refractivity contribution < 1.29 is 9.84 Å². The molecule has 0 saturated heterocycles. The molecule has 0 atom stereocenters. The molecule has 0 saturated carbocycles. The third-order valence-electron chi connectivity index (χ3n) is 7.95. The van der Waals surface area contributed by atoms with Gasteiger partial charge in [-0.05, 0) is 101 Å². The van der Waals surface area contributed by atoms with E-state index in [1.165, 1.54) is 79.6 Å². The summed E-state index contributed by atoms with van der Waals surface area (Å²) in [5.41, 5.74) is 16.2. The van der Waals surface area contributed by atoms with Gasteiger partial charge in [-0.3, -0.25) is 0 Å². The molecule has 2 heteroatoms. The molecule has 0 bridgehead atoms. The van der Waals surface area contributed by atoms with E-state index in [2.05, 4.69) is 220 Å². The molecule has 6 aromatic rings. The predicted octanol–water partition coefficient (Wildman–Crippen LogP) is 16.8. The van der Waals surface area contributed by atoms with E-state index in [0.29, 0.717) is 0 Å². The SMILES string of the molecule is CC.CC.CCC.CCC.CCO.COC.Cc1ccc(Cc2ccc(C)cc2)cc1.Cc1ccc(Cc2ccc(C)cc2)cc1.Cc1ccc(Cc2ccc(C)cc2)cc1.